The number of Topliss-reactive ketones (excluding diaryl/α,β-unsaturated/α-hetero) is 1. The molecule has 1 aromatic carbocycles. The molecule has 3 N–H and O–H groups in total. The highest BCUT2D eigenvalue weighted by atomic mass is 16.2. The predicted octanol–water partition coefficient (Wildman–Crippen LogP) is 0.433. The number of urea groups is 1. The largest absolute Gasteiger partial charge is 0.354 e. The number of hydrogen-bond donors (Lipinski definition) is 3. The molecule has 1 aromatic heterocycles. The number of rotatable bonds is 5. The minimum atomic E-state index is -1.03. The fourth-order valence-corrected chi connectivity index (χ4v) is 4.16. The van der Waals surface area contributed by atoms with Crippen LogP contribution in [-0.2, 0) is 9.59 Å². The Hall–Kier alpha value is -4.35. The Labute approximate surface area is 207 Å². The number of hydrogen-bond acceptors (Lipinski definition) is 7. The van der Waals surface area contributed by atoms with Crippen molar-refractivity contribution in [1.82, 2.24) is 30.4 Å². The zero-order valence-corrected chi connectivity index (χ0v) is 19.8. The molecule has 2 aliphatic heterocycles. The lowest BCUT2D eigenvalue weighted by atomic mass is 10.0. The zero-order chi connectivity index (χ0) is 25.7. The number of ketones is 1. The third kappa shape index (κ3) is 5.65. The van der Waals surface area contributed by atoms with Gasteiger partial charge in [-0.1, -0.05) is 0 Å². The van der Waals surface area contributed by atoms with E-state index in [0.29, 0.717) is 24.2 Å². The molecule has 0 radical (unpaired) electrons. The minimum Gasteiger partial charge on any atom is -0.354 e. The van der Waals surface area contributed by atoms with Crippen molar-refractivity contribution in [3.63, 3.8) is 0 Å². The van der Waals surface area contributed by atoms with E-state index in [1.54, 1.807) is 24.3 Å². The fourth-order valence-electron chi connectivity index (χ4n) is 4.16. The van der Waals surface area contributed by atoms with Crippen molar-refractivity contribution in [3.8, 4) is 0 Å². The summed E-state index contributed by atoms with van der Waals surface area (Å²) < 4.78 is 0. The predicted molar refractivity (Wildman–Crippen MR) is 128 cm³/mol. The Morgan fingerprint density at radius 1 is 1.08 bits per heavy atom. The van der Waals surface area contributed by atoms with Gasteiger partial charge >= 0.3 is 6.03 Å². The van der Waals surface area contributed by atoms with Crippen LogP contribution in [0.3, 0.4) is 0 Å². The van der Waals surface area contributed by atoms with E-state index in [1.165, 1.54) is 35.3 Å². The van der Waals surface area contributed by atoms with E-state index < -0.39 is 29.9 Å². The molecule has 2 saturated heterocycles. The summed E-state index contributed by atoms with van der Waals surface area (Å²) in [7, 11) is 0. The van der Waals surface area contributed by atoms with Gasteiger partial charge in [-0.25, -0.2) is 9.78 Å². The molecule has 2 fully saturated rings. The summed E-state index contributed by atoms with van der Waals surface area (Å²) >= 11 is 0. The van der Waals surface area contributed by atoms with Gasteiger partial charge in [0.25, 0.3) is 5.91 Å². The maximum Gasteiger partial charge on any atom is 0.321 e. The standard InChI is InChI=1S/C24H27N7O5/c1-15(32)16-4-6-17(7-5-16)28-24(36)30-11-12-31(23(35)19-13-25-9-10-26-19)20(14-30)22(34)29-18-3-2-8-27-21(18)33/h4-7,9-10,13,18,20H,2-3,8,11-12,14H2,1H3,(H,27,33)(H,28,36)(H,29,34). The Balaban J connectivity index is 1.50. The molecule has 0 bridgehead atoms. The van der Waals surface area contributed by atoms with Crippen molar-refractivity contribution in [1.29, 1.82) is 0 Å². The number of carbonyl (C=O) groups excluding carboxylic acids is 5. The van der Waals surface area contributed by atoms with Gasteiger partial charge in [-0.3, -0.25) is 24.2 Å². The second-order valence-electron chi connectivity index (χ2n) is 8.61. The van der Waals surface area contributed by atoms with Crippen LogP contribution >= 0.6 is 0 Å². The quantitative estimate of drug-likeness (QED) is 0.511. The molecule has 2 aliphatic rings. The monoisotopic (exact) mass is 493 g/mol. The number of piperidine rings is 1. The number of benzene rings is 1. The molecule has 36 heavy (non-hydrogen) atoms. The van der Waals surface area contributed by atoms with Gasteiger partial charge in [0.15, 0.2) is 5.78 Å². The van der Waals surface area contributed by atoms with Crippen molar-refractivity contribution in [3.05, 3.63) is 54.1 Å². The summed E-state index contributed by atoms with van der Waals surface area (Å²) in [6, 6.07) is 4.27. The molecule has 0 spiro atoms. The van der Waals surface area contributed by atoms with Crippen LogP contribution in [0.5, 0.6) is 0 Å². The molecular formula is C24H27N7O5. The van der Waals surface area contributed by atoms with Crippen LogP contribution in [-0.4, -0.2) is 87.6 Å². The molecule has 0 aliphatic carbocycles. The van der Waals surface area contributed by atoms with E-state index in [1.807, 2.05) is 0 Å². The van der Waals surface area contributed by atoms with Crippen LogP contribution < -0.4 is 16.0 Å². The average Bonchev–Trinajstić information content (AvgIpc) is 2.90. The molecule has 2 aromatic rings. The molecule has 2 atom stereocenters. The number of amides is 5. The number of piperazine rings is 1. The van der Waals surface area contributed by atoms with Gasteiger partial charge in [-0.2, -0.15) is 0 Å². The van der Waals surface area contributed by atoms with Crippen molar-refractivity contribution in [2.24, 2.45) is 0 Å². The first-order valence-electron chi connectivity index (χ1n) is 11.7. The molecular weight excluding hydrogens is 466 g/mol. The second-order valence-corrected chi connectivity index (χ2v) is 8.61. The van der Waals surface area contributed by atoms with Gasteiger partial charge in [-0.05, 0) is 44.0 Å². The lowest BCUT2D eigenvalue weighted by Crippen LogP contribution is -2.64. The van der Waals surface area contributed by atoms with E-state index in [-0.39, 0.29) is 37.0 Å². The zero-order valence-electron chi connectivity index (χ0n) is 19.8. The Morgan fingerprint density at radius 2 is 1.86 bits per heavy atom. The second kappa shape index (κ2) is 10.9. The third-order valence-electron chi connectivity index (χ3n) is 6.16. The Bertz CT molecular complexity index is 1160. The molecule has 12 heteroatoms. The molecule has 5 amide bonds. The minimum absolute atomic E-state index is 0.0779. The Kier molecular flexibility index (Phi) is 7.52. The van der Waals surface area contributed by atoms with E-state index in [0.717, 1.165) is 6.42 Å². The molecule has 2 unspecified atom stereocenters. The van der Waals surface area contributed by atoms with Crippen LogP contribution in [0.1, 0.15) is 40.6 Å². The summed E-state index contributed by atoms with van der Waals surface area (Å²) in [5.74, 6) is -1.38. The van der Waals surface area contributed by atoms with E-state index in [9.17, 15) is 24.0 Å². The lowest BCUT2D eigenvalue weighted by Gasteiger charge is -2.40. The van der Waals surface area contributed by atoms with Gasteiger partial charge in [0.2, 0.25) is 11.8 Å². The van der Waals surface area contributed by atoms with Crippen LogP contribution in [0, 0.1) is 0 Å². The molecule has 188 valence electrons. The first-order valence-corrected chi connectivity index (χ1v) is 11.7. The van der Waals surface area contributed by atoms with Gasteiger partial charge in [0.05, 0.1) is 12.7 Å². The highest BCUT2D eigenvalue weighted by Gasteiger charge is 2.39. The average molecular weight is 494 g/mol. The van der Waals surface area contributed by atoms with Crippen LogP contribution in [0.15, 0.2) is 42.9 Å². The van der Waals surface area contributed by atoms with Crippen molar-refractivity contribution < 1.29 is 24.0 Å². The van der Waals surface area contributed by atoms with E-state index >= 15 is 0 Å². The summed E-state index contributed by atoms with van der Waals surface area (Å²) in [5.41, 5.74) is 1.09. The maximum atomic E-state index is 13.3. The summed E-state index contributed by atoms with van der Waals surface area (Å²) in [5, 5.41) is 8.20. The number of nitrogens with one attached hydrogen (secondary N) is 3. The van der Waals surface area contributed by atoms with E-state index in [2.05, 4.69) is 25.9 Å². The highest BCUT2D eigenvalue weighted by molar-refractivity contribution is 5.98. The number of carbonyl (C=O) groups is 5. The van der Waals surface area contributed by atoms with Crippen molar-refractivity contribution >= 4 is 35.2 Å². The Morgan fingerprint density at radius 3 is 2.53 bits per heavy atom. The number of nitrogens with zero attached hydrogens (tertiary/aromatic N) is 4. The molecule has 3 heterocycles. The number of aromatic nitrogens is 2. The van der Waals surface area contributed by atoms with Gasteiger partial charge in [0, 0.05) is 43.3 Å². The summed E-state index contributed by atoms with van der Waals surface area (Å²) in [6.45, 7) is 2.19. The summed E-state index contributed by atoms with van der Waals surface area (Å²) in [6.07, 6.45) is 5.35. The van der Waals surface area contributed by atoms with Gasteiger partial charge < -0.3 is 25.8 Å². The first-order chi connectivity index (χ1) is 17.3. The van der Waals surface area contributed by atoms with Crippen molar-refractivity contribution in [2.75, 3.05) is 31.5 Å². The van der Waals surface area contributed by atoms with Gasteiger partial charge in [-0.15, -0.1) is 0 Å². The highest BCUT2D eigenvalue weighted by Crippen LogP contribution is 2.17. The lowest BCUT2D eigenvalue weighted by molar-refractivity contribution is -0.133. The normalized spacial score (nSPS) is 19.8. The topological polar surface area (TPSA) is 154 Å². The van der Waals surface area contributed by atoms with Crippen LogP contribution in [0.25, 0.3) is 0 Å². The van der Waals surface area contributed by atoms with Gasteiger partial charge in [0.1, 0.15) is 17.8 Å². The maximum absolute atomic E-state index is 13.3. The van der Waals surface area contributed by atoms with Crippen LogP contribution in [0.4, 0.5) is 10.5 Å². The van der Waals surface area contributed by atoms with Crippen LogP contribution in [0.2, 0.25) is 0 Å². The molecule has 4 rings (SSSR count). The molecule has 0 saturated carbocycles. The summed E-state index contributed by atoms with van der Waals surface area (Å²) in [4.78, 5) is 73.8. The number of anilines is 1. The SMILES string of the molecule is CC(=O)c1ccc(NC(=O)N2CCN(C(=O)c3cnccn3)C(C(=O)NC3CCCNC3=O)C2)cc1. The van der Waals surface area contributed by atoms with E-state index in [4.69, 9.17) is 0 Å². The smallest absolute Gasteiger partial charge is 0.321 e. The van der Waals surface area contributed by atoms with Crippen molar-refractivity contribution in [2.45, 2.75) is 31.8 Å². The third-order valence-corrected chi connectivity index (χ3v) is 6.16. The molecule has 12 nitrogen and oxygen atoms in total. The first kappa shape index (κ1) is 24.8. The fraction of sp³-hybridized carbons (Fsp3) is 0.375.